The lowest BCUT2D eigenvalue weighted by atomic mass is 10.0. The summed E-state index contributed by atoms with van der Waals surface area (Å²) >= 11 is 0. The van der Waals surface area contributed by atoms with Crippen LogP contribution < -0.4 is 10.2 Å². The lowest BCUT2D eigenvalue weighted by Gasteiger charge is -2.29. The highest BCUT2D eigenvalue weighted by Crippen LogP contribution is 2.19. The molecule has 0 atom stereocenters. The van der Waals surface area contributed by atoms with Crippen LogP contribution in [0.2, 0.25) is 0 Å². The second-order valence-corrected chi connectivity index (χ2v) is 3.64. The van der Waals surface area contributed by atoms with Crippen LogP contribution in [0.25, 0.3) is 0 Å². The Balaban J connectivity index is 2.07. The average Bonchev–Trinajstić information content (AvgIpc) is 2.47. The molecular formula is C10H14N2O2. The van der Waals surface area contributed by atoms with Gasteiger partial charge in [-0.05, 0) is 13.0 Å². The molecule has 1 amide bonds. The molecule has 76 valence electrons. The topological polar surface area (TPSA) is 45.5 Å². The largest absolute Gasteiger partial charge is 0.445 e. The molecule has 1 aliphatic heterocycles. The fourth-order valence-corrected chi connectivity index (χ4v) is 1.45. The van der Waals surface area contributed by atoms with Crippen LogP contribution in [0, 0.1) is 12.8 Å². The van der Waals surface area contributed by atoms with Gasteiger partial charge in [0.2, 0.25) is 11.8 Å². The van der Waals surface area contributed by atoms with Gasteiger partial charge in [0.15, 0.2) is 0 Å². The molecule has 0 aliphatic carbocycles. The minimum absolute atomic E-state index is 0.116. The van der Waals surface area contributed by atoms with Gasteiger partial charge in [-0.25, -0.2) is 0 Å². The predicted octanol–water partition coefficient (Wildman–Crippen LogP) is 0.770. The summed E-state index contributed by atoms with van der Waals surface area (Å²) in [6, 6.07) is 3.68. The summed E-state index contributed by atoms with van der Waals surface area (Å²) in [4.78, 5) is 13.3. The van der Waals surface area contributed by atoms with Crippen LogP contribution in [0.15, 0.2) is 16.5 Å². The number of rotatable bonds is 2. The number of furan rings is 1. The van der Waals surface area contributed by atoms with Crippen LogP contribution in [0.3, 0.4) is 0 Å². The van der Waals surface area contributed by atoms with Crippen molar-refractivity contribution in [1.82, 2.24) is 5.32 Å². The molecule has 0 aromatic carbocycles. The van der Waals surface area contributed by atoms with Crippen molar-refractivity contribution < 1.29 is 9.21 Å². The Labute approximate surface area is 82.9 Å². The van der Waals surface area contributed by atoms with Gasteiger partial charge in [-0.1, -0.05) is 0 Å². The van der Waals surface area contributed by atoms with Gasteiger partial charge in [-0.15, -0.1) is 0 Å². The molecule has 1 aliphatic rings. The van der Waals surface area contributed by atoms with Crippen molar-refractivity contribution in [2.45, 2.75) is 6.92 Å². The number of aryl methyl sites for hydroxylation is 1. The maximum absolute atomic E-state index is 11.8. The number of amides is 1. The van der Waals surface area contributed by atoms with E-state index in [0.717, 1.165) is 18.8 Å². The van der Waals surface area contributed by atoms with Crippen molar-refractivity contribution >= 4 is 11.8 Å². The number of nitrogens with zero attached hydrogens (tertiary/aromatic N) is 1. The van der Waals surface area contributed by atoms with Gasteiger partial charge in [0, 0.05) is 26.2 Å². The van der Waals surface area contributed by atoms with Gasteiger partial charge in [-0.3, -0.25) is 9.69 Å². The van der Waals surface area contributed by atoms with Crippen molar-refractivity contribution in [3.63, 3.8) is 0 Å². The normalized spacial score (nSPS) is 16.4. The first-order valence-electron chi connectivity index (χ1n) is 4.73. The van der Waals surface area contributed by atoms with E-state index in [0.29, 0.717) is 5.88 Å². The third-order valence-corrected chi connectivity index (χ3v) is 2.52. The first-order valence-corrected chi connectivity index (χ1v) is 4.73. The minimum atomic E-state index is 0.116. The van der Waals surface area contributed by atoms with Gasteiger partial charge in [0.1, 0.15) is 5.76 Å². The Hall–Kier alpha value is -1.29. The number of hydrogen-bond donors (Lipinski definition) is 1. The van der Waals surface area contributed by atoms with Crippen LogP contribution in [-0.4, -0.2) is 26.0 Å². The summed E-state index contributed by atoms with van der Waals surface area (Å²) in [7, 11) is 1.75. The second kappa shape index (κ2) is 3.46. The molecule has 1 saturated heterocycles. The molecule has 1 fully saturated rings. The highest BCUT2D eigenvalue weighted by molar-refractivity contribution is 5.94. The minimum Gasteiger partial charge on any atom is -0.445 e. The predicted molar refractivity (Wildman–Crippen MR) is 53.2 cm³/mol. The molecule has 4 nitrogen and oxygen atoms in total. The fourth-order valence-electron chi connectivity index (χ4n) is 1.45. The Bertz CT molecular complexity index is 342. The summed E-state index contributed by atoms with van der Waals surface area (Å²) < 4.78 is 5.37. The van der Waals surface area contributed by atoms with Crippen molar-refractivity contribution in [1.29, 1.82) is 0 Å². The van der Waals surface area contributed by atoms with E-state index in [2.05, 4.69) is 5.32 Å². The van der Waals surface area contributed by atoms with Crippen molar-refractivity contribution in [3.05, 3.63) is 17.9 Å². The number of carbonyl (C=O) groups is 1. The molecule has 0 saturated carbocycles. The summed E-state index contributed by atoms with van der Waals surface area (Å²) in [5, 5.41) is 3.08. The molecule has 4 heteroatoms. The van der Waals surface area contributed by atoms with E-state index in [1.54, 1.807) is 11.9 Å². The van der Waals surface area contributed by atoms with Crippen LogP contribution in [0.5, 0.6) is 0 Å². The van der Waals surface area contributed by atoms with Crippen molar-refractivity contribution in [3.8, 4) is 0 Å². The van der Waals surface area contributed by atoms with Crippen LogP contribution in [0.4, 0.5) is 5.88 Å². The third kappa shape index (κ3) is 1.53. The molecule has 2 rings (SSSR count). The fraction of sp³-hybridized carbons (Fsp3) is 0.500. The van der Waals surface area contributed by atoms with Gasteiger partial charge in [0.25, 0.3) is 0 Å². The molecule has 0 bridgehead atoms. The summed E-state index contributed by atoms with van der Waals surface area (Å²) in [6.45, 7) is 3.43. The first kappa shape index (κ1) is 9.27. The number of carbonyl (C=O) groups excluding carboxylic acids is 1. The molecule has 14 heavy (non-hydrogen) atoms. The Kier molecular flexibility index (Phi) is 2.29. The molecule has 2 heterocycles. The van der Waals surface area contributed by atoms with E-state index < -0.39 is 0 Å². The van der Waals surface area contributed by atoms with E-state index in [9.17, 15) is 4.79 Å². The molecular weight excluding hydrogens is 180 g/mol. The smallest absolute Gasteiger partial charge is 0.234 e. The first-order chi connectivity index (χ1) is 6.68. The second-order valence-electron chi connectivity index (χ2n) is 3.64. The Morgan fingerprint density at radius 3 is 2.71 bits per heavy atom. The third-order valence-electron chi connectivity index (χ3n) is 2.52. The quantitative estimate of drug-likeness (QED) is 0.756. The standard InChI is InChI=1S/C10H14N2O2/c1-7-3-4-9(14-7)12(2)10(13)8-5-11-6-8/h3-4,8,11H,5-6H2,1-2H3. The molecule has 0 spiro atoms. The highest BCUT2D eigenvalue weighted by Gasteiger charge is 2.29. The molecule has 0 unspecified atom stereocenters. The SMILES string of the molecule is Cc1ccc(N(C)C(=O)C2CNC2)o1. The Morgan fingerprint density at radius 1 is 1.57 bits per heavy atom. The summed E-state index contributed by atoms with van der Waals surface area (Å²) in [5.74, 6) is 1.69. The number of nitrogens with one attached hydrogen (secondary N) is 1. The van der Waals surface area contributed by atoms with Crippen molar-refractivity contribution in [2.24, 2.45) is 5.92 Å². The average molecular weight is 194 g/mol. The maximum Gasteiger partial charge on any atom is 0.234 e. The summed E-state index contributed by atoms with van der Waals surface area (Å²) in [5.41, 5.74) is 0. The van der Waals surface area contributed by atoms with E-state index in [1.807, 2.05) is 19.1 Å². The maximum atomic E-state index is 11.8. The zero-order valence-electron chi connectivity index (χ0n) is 8.41. The monoisotopic (exact) mass is 194 g/mol. The lowest BCUT2D eigenvalue weighted by molar-refractivity contribution is -0.123. The molecule has 0 radical (unpaired) electrons. The highest BCUT2D eigenvalue weighted by atomic mass is 16.4. The van der Waals surface area contributed by atoms with Gasteiger partial charge in [0.05, 0.1) is 5.92 Å². The van der Waals surface area contributed by atoms with Crippen LogP contribution in [0.1, 0.15) is 5.76 Å². The van der Waals surface area contributed by atoms with Gasteiger partial charge >= 0.3 is 0 Å². The van der Waals surface area contributed by atoms with E-state index in [4.69, 9.17) is 4.42 Å². The zero-order chi connectivity index (χ0) is 10.1. The molecule has 1 aromatic rings. The van der Waals surface area contributed by atoms with Crippen LogP contribution in [-0.2, 0) is 4.79 Å². The number of hydrogen-bond acceptors (Lipinski definition) is 3. The van der Waals surface area contributed by atoms with Crippen molar-refractivity contribution in [2.75, 3.05) is 25.0 Å². The lowest BCUT2D eigenvalue weighted by Crippen LogP contribution is -2.51. The van der Waals surface area contributed by atoms with Gasteiger partial charge < -0.3 is 9.73 Å². The molecule has 1 aromatic heterocycles. The van der Waals surface area contributed by atoms with Gasteiger partial charge in [-0.2, -0.15) is 0 Å². The Morgan fingerprint density at radius 2 is 2.29 bits per heavy atom. The summed E-state index contributed by atoms with van der Waals surface area (Å²) in [6.07, 6.45) is 0. The molecule has 1 N–H and O–H groups in total. The number of anilines is 1. The van der Waals surface area contributed by atoms with Crippen LogP contribution >= 0.6 is 0 Å². The van der Waals surface area contributed by atoms with E-state index >= 15 is 0 Å². The van der Waals surface area contributed by atoms with E-state index in [1.165, 1.54) is 0 Å². The zero-order valence-corrected chi connectivity index (χ0v) is 8.41. The van der Waals surface area contributed by atoms with E-state index in [-0.39, 0.29) is 11.8 Å².